The molecule has 1 aromatic carbocycles. The third-order valence-electron chi connectivity index (χ3n) is 3.58. The average molecular weight is 219 g/mol. The fourth-order valence-corrected chi connectivity index (χ4v) is 2.74. The van der Waals surface area contributed by atoms with Crippen LogP contribution in [0.1, 0.15) is 30.9 Å². The number of para-hydroxylation sites is 1. The Morgan fingerprint density at radius 2 is 2.25 bits per heavy atom. The predicted molar refractivity (Wildman–Crippen MR) is 68.0 cm³/mol. The van der Waals surface area contributed by atoms with Crippen molar-refractivity contribution in [3.63, 3.8) is 0 Å². The molecule has 1 aliphatic rings. The minimum Gasteiger partial charge on any atom is -0.394 e. The van der Waals surface area contributed by atoms with Crippen LogP contribution in [0.4, 0.5) is 5.69 Å². The highest BCUT2D eigenvalue weighted by molar-refractivity contribution is 5.60. The van der Waals surface area contributed by atoms with Gasteiger partial charge in [-0.1, -0.05) is 25.1 Å². The molecule has 0 spiro atoms. The van der Waals surface area contributed by atoms with E-state index in [9.17, 15) is 5.11 Å². The molecule has 1 N–H and O–H groups in total. The van der Waals surface area contributed by atoms with Crippen LogP contribution in [0.15, 0.2) is 18.2 Å². The molecule has 1 aliphatic heterocycles. The van der Waals surface area contributed by atoms with Crippen LogP contribution in [0.25, 0.3) is 0 Å². The number of rotatable bonds is 3. The van der Waals surface area contributed by atoms with Gasteiger partial charge in [-0.2, -0.15) is 0 Å². The topological polar surface area (TPSA) is 23.5 Å². The van der Waals surface area contributed by atoms with Gasteiger partial charge in [0, 0.05) is 12.2 Å². The molecule has 1 unspecified atom stereocenters. The number of hydrogen-bond donors (Lipinski definition) is 1. The summed E-state index contributed by atoms with van der Waals surface area (Å²) in [5.41, 5.74) is 4.10. The summed E-state index contributed by atoms with van der Waals surface area (Å²) in [5.74, 6) is 0. The number of nitrogens with zero attached hydrogens (tertiary/aromatic N) is 1. The van der Waals surface area contributed by atoms with Gasteiger partial charge in [-0.05, 0) is 37.3 Å². The highest BCUT2D eigenvalue weighted by Gasteiger charge is 2.26. The second kappa shape index (κ2) is 4.88. The largest absolute Gasteiger partial charge is 0.394 e. The van der Waals surface area contributed by atoms with Crippen LogP contribution in [0, 0.1) is 6.92 Å². The second-order valence-corrected chi connectivity index (χ2v) is 4.61. The molecular formula is C14H21NO. The molecule has 0 saturated carbocycles. The standard InChI is InChI=1S/C14H21NO/c1-3-12-7-4-6-11(2)14(12)15-9-5-8-13(15)10-16/h4,6-7,13,16H,3,5,8-10H2,1-2H3. The Labute approximate surface area is 97.9 Å². The Hall–Kier alpha value is -1.02. The van der Waals surface area contributed by atoms with Crippen molar-refractivity contribution in [2.24, 2.45) is 0 Å². The third kappa shape index (κ3) is 1.94. The smallest absolute Gasteiger partial charge is 0.0635 e. The van der Waals surface area contributed by atoms with Gasteiger partial charge in [-0.25, -0.2) is 0 Å². The van der Waals surface area contributed by atoms with Crippen molar-refractivity contribution in [2.75, 3.05) is 18.1 Å². The molecule has 1 aromatic rings. The molecule has 1 heterocycles. The lowest BCUT2D eigenvalue weighted by molar-refractivity contribution is 0.266. The molecule has 1 saturated heterocycles. The first-order valence-electron chi connectivity index (χ1n) is 6.24. The lowest BCUT2D eigenvalue weighted by Gasteiger charge is -2.29. The third-order valence-corrected chi connectivity index (χ3v) is 3.58. The zero-order valence-corrected chi connectivity index (χ0v) is 10.2. The maximum Gasteiger partial charge on any atom is 0.0635 e. The van der Waals surface area contributed by atoms with E-state index in [2.05, 4.69) is 36.9 Å². The van der Waals surface area contributed by atoms with E-state index in [0.717, 1.165) is 19.4 Å². The van der Waals surface area contributed by atoms with E-state index >= 15 is 0 Å². The van der Waals surface area contributed by atoms with Crippen LogP contribution in [-0.4, -0.2) is 24.3 Å². The van der Waals surface area contributed by atoms with E-state index < -0.39 is 0 Å². The van der Waals surface area contributed by atoms with E-state index in [0.29, 0.717) is 6.04 Å². The van der Waals surface area contributed by atoms with Crippen LogP contribution >= 0.6 is 0 Å². The highest BCUT2D eigenvalue weighted by atomic mass is 16.3. The normalized spacial score (nSPS) is 20.4. The summed E-state index contributed by atoms with van der Waals surface area (Å²) in [7, 11) is 0. The molecular weight excluding hydrogens is 198 g/mol. The first-order valence-corrected chi connectivity index (χ1v) is 6.24. The predicted octanol–water partition coefficient (Wildman–Crippen LogP) is 2.52. The van der Waals surface area contributed by atoms with Crippen LogP contribution < -0.4 is 4.90 Å². The van der Waals surface area contributed by atoms with Gasteiger partial charge in [0.2, 0.25) is 0 Å². The molecule has 2 heteroatoms. The SMILES string of the molecule is CCc1cccc(C)c1N1CCCC1CO. The van der Waals surface area contributed by atoms with Crippen LogP contribution in [0.5, 0.6) is 0 Å². The van der Waals surface area contributed by atoms with Crippen molar-refractivity contribution in [3.8, 4) is 0 Å². The second-order valence-electron chi connectivity index (χ2n) is 4.61. The summed E-state index contributed by atoms with van der Waals surface area (Å²) in [6.45, 7) is 5.73. The number of aryl methyl sites for hydroxylation is 2. The Kier molecular flexibility index (Phi) is 3.49. The fraction of sp³-hybridized carbons (Fsp3) is 0.571. The first-order chi connectivity index (χ1) is 7.77. The van der Waals surface area contributed by atoms with Crippen LogP contribution in [0.2, 0.25) is 0 Å². The van der Waals surface area contributed by atoms with Crippen molar-refractivity contribution < 1.29 is 5.11 Å². The molecule has 0 aliphatic carbocycles. The lowest BCUT2D eigenvalue weighted by Crippen LogP contribution is -2.33. The van der Waals surface area contributed by atoms with Crippen LogP contribution in [-0.2, 0) is 6.42 Å². The molecule has 2 rings (SSSR count). The quantitative estimate of drug-likeness (QED) is 0.844. The van der Waals surface area contributed by atoms with Gasteiger partial charge in [-0.15, -0.1) is 0 Å². The minimum atomic E-state index is 0.275. The molecule has 2 nitrogen and oxygen atoms in total. The minimum absolute atomic E-state index is 0.275. The first kappa shape index (κ1) is 11.5. The summed E-state index contributed by atoms with van der Waals surface area (Å²) in [4.78, 5) is 2.40. The fourth-order valence-electron chi connectivity index (χ4n) is 2.74. The number of hydrogen-bond acceptors (Lipinski definition) is 2. The molecule has 0 bridgehead atoms. The van der Waals surface area contributed by atoms with Gasteiger partial charge < -0.3 is 10.0 Å². The van der Waals surface area contributed by atoms with E-state index in [1.165, 1.54) is 23.2 Å². The molecule has 1 atom stereocenters. The van der Waals surface area contributed by atoms with Gasteiger partial charge in [0.1, 0.15) is 0 Å². The summed E-state index contributed by atoms with van der Waals surface area (Å²) in [6, 6.07) is 6.82. The number of benzene rings is 1. The van der Waals surface area contributed by atoms with E-state index in [1.54, 1.807) is 0 Å². The van der Waals surface area contributed by atoms with Gasteiger partial charge in [-0.3, -0.25) is 0 Å². The van der Waals surface area contributed by atoms with E-state index in [4.69, 9.17) is 0 Å². The van der Waals surface area contributed by atoms with E-state index in [1.807, 2.05) is 0 Å². The molecule has 0 aromatic heterocycles. The average Bonchev–Trinajstić information content (AvgIpc) is 2.76. The number of aliphatic hydroxyl groups is 1. The maximum absolute atomic E-state index is 9.41. The Morgan fingerprint density at radius 1 is 1.44 bits per heavy atom. The maximum atomic E-state index is 9.41. The molecule has 16 heavy (non-hydrogen) atoms. The Morgan fingerprint density at radius 3 is 2.94 bits per heavy atom. The molecule has 88 valence electrons. The Bertz CT molecular complexity index is 362. The lowest BCUT2D eigenvalue weighted by atomic mass is 10.0. The number of aliphatic hydroxyl groups excluding tert-OH is 1. The van der Waals surface area contributed by atoms with Gasteiger partial charge in [0.15, 0.2) is 0 Å². The molecule has 1 fully saturated rings. The van der Waals surface area contributed by atoms with E-state index in [-0.39, 0.29) is 6.61 Å². The van der Waals surface area contributed by atoms with Crippen molar-refractivity contribution >= 4 is 5.69 Å². The molecule has 0 amide bonds. The number of anilines is 1. The highest BCUT2D eigenvalue weighted by Crippen LogP contribution is 2.31. The van der Waals surface area contributed by atoms with Crippen molar-refractivity contribution in [1.82, 2.24) is 0 Å². The zero-order chi connectivity index (χ0) is 11.5. The Balaban J connectivity index is 2.38. The van der Waals surface area contributed by atoms with Crippen molar-refractivity contribution in [2.45, 2.75) is 39.2 Å². The summed E-state index contributed by atoms with van der Waals surface area (Å²) >= 11 is 0. The molecule has 0 radical (unpaired) electrons. The van der Waals surface area contributed by atoms with Gasteiger partial charge >= 0.3 is 0 Å². The zero-order valence-electron chi connectivity index (χ0n) is 10.2. The summed E-state index contributed by atoms with van der Waals surface area (Å²) in [6.07, 6.45) is 3.38. The van der Waals surface area contributed by atoms with Gasteiger partial charge in [0.25, 0.3) is 0 Å². The van der Waals surface area contributed by atoms with Crippen molar-refractivity contribution in [3.05, 3.63) is 29.3 Å². The van der Waals surface area contributed by atoms with Crippen LogP contribution in [0.3, 0.4) is 0 Å². The van der Waals surface area contributed by atoms with Crippen molar-refractivity contribution in [1.29, 1.82) is 0 Å². The summed E-state index contributed by atoms with van der Waals surface area (Å²) in [5, 5.41) is 9.41. The summed E-state index contributed by atoms with van der Waals surface area (Å²) < 4.78 is 0. The monoisotopic (exact) mass is 219 g/mol. The van der Waals surface area contributed by atoms with Gasteiger partial charge in [0.05, 0.1) is 12.6 Å².